The summed E-state index contributed by atoms with van der Waals surface area (Å²) in [5.74, 6) is 1.87. The van der Waals surface area contributed by atoms with Gasteiger partial charge in [-0.05, 0) is 37.3 Å². The van der Waals surface area contributed by atoms with E-state index in [0.717, 1.165) is 28.0 Å². The Morgan fingerprint density at radius 2 is 2.16 bits per heavy atom. The number of benzene rings is 1. The molecule has 1 heterocycles. The molecule has 0 saturated heterocycles. The standard InChI is InChI=1S/C14H15Cl2NOS/c1-10(13-3-2-7-18-13)17-6-8-19-14-9-11(15)4-5-12(14)16/h2-5,7,9-10,17H,6,8H2,1H3. The summed E-state index contributed by atoms with van der Waals surface area (Å²) < 4.78 is 5.34. The van der Waals surface area contributed by atoms with Gasteiger partial charge in [0.15, 0.2) is 0 Å². The first-order valence-electron chi connectivity index (χ1n) is 6.01. The maximum Gasteiger partial charge on any atom is 0.120 e. The Kier molecular flexibility index (Phi) is 5.64. The molecule has 1 unspecified atom stereocenters. The highest BCUT2D eigenvalue weighted by atomic mass is 35.5. The van der Waals surface area contributed by atoms with Crippen LogP contribution in [0.3, 0.4) is 0 Å². The number of halogens is 2. The van der Waals surface area contributed by atoms with Crippen LogP contribution >= 0.6 is 35.0 Å². The van der Waals surface area contributed by atoms with E-state index in [1.54, 1.807) is 24.1 Å². The molecule has 1 atom stereocenters. The van der Waals surface area contributed by atoms with Crippen LogP contribution in [0.4, 0.5) is 0 Å². The van der Waals surface area contributed by atoms with Crippen LogP contribution in [0.1, 0.15) is 18.7 Å². The van der Waals surface area contributed by atoms with Crippen LogP contribution in [-0.2, 0) is 0 Å². The predicted molar refractivity (Wildman–Crippen MR) is 82.3 cm³/mol. The third-order valence-corrected chi connectivity index (χ3v) is 4.41. The van der Waals surface area contributed by atoms with Gasteiger partial charge in [-0.2, -0.15) is 0 Å². The van der Waals surface area contributed by atoms with Gasteiger partial charge in [0.25, 0.3) is 0 Å². The fourth-order valence-corrected chi connectivity index (χ4v) is 3.04. The van der Waals surface area contributed by atoms with E-state index in [2.05, 4.69) is 12.2 Å². The average Bonchev–Trinajstić information content (AvgIpc) is 2.92. The van der Waals surface area contributed by atoms with Crippen LogP contribution < -0.4 is 5.32 Å². The minimum absolute atomic E-state index is 0.213. The molecular weight excluding hydrogens is 301 g/mol. The van der Waals surface area contributed by atoms with Crippen LogP contribution in [0.5, 0.6) is 0 Å². The molecule has 0 aliphatic rings. The van der Waals surface area contributed by atoms with Crippen molar-refractivity contribution in [1.29, 1.82) is 0 Å². The molecule has 0 aliphatic heterocycles. The van der Waals surface area contributed by atoms with Crippen molar-refractivity contribution in [2.24, 2.45) is 0 Å². The monoisotopic (exact) mass is 315 g/mol. The van der Waals surface area contributed by atoms with Gasteiger partial charge >= 0.3 is 0 Å². The zero-order valence-electron chi connectivity index (χ0n) is 10.5. The molecule has 102 valence electrons. The molecule has 1 N–H and O–H groups in total. The summed E-state index contributed by atoms with van der Waals surface area (Å²) in [6.45, 7) is 2.95. The largest absolute Gasteiger partial charge is 0.468 e. The number of nitrogens with one attached hydrogen (secondary N) is 1. The van der Waals surface area contributed by atoms with Gasteiger partial charge in [0.05, 0.1) is 17.3 Å². The third kappa shape index (κ3) is 4.46. The molecule has 1 aromatic carbocycles. The summed E-state index contributed by atoms with van der Waals surface area (Å²) >= 11 is 13.7. The van der Waals surface area contributed by atoms with Crippen molar-refractivity contribution < 1.29 is 4.42 Å². The molecule has 0 fully saturated rings. The third-order valence-electron chi connectivity index (χ3n) is 2.67. The van der Waals surface area contributed by atoms with Crippen LogP contribution in [0.15, 0.2) is 45.9 Å². The summed E-state index contributed by atoms with van der Waals surface area (Å²) in [5.41, 5.74) is 0. The summed E-state index contributed by atoms with van der Waals surface area (Å²) in [6.07, 6.45) is 1.69. The number of furan rings is 1. The lowest BCUT2D eigenvalue weighted by molar-refractivity contribution is 0.438. The van der Waals surface area contributed by atoms with E-state index < -0.39 is 0 Å². The second-order valence-corrected chi connectivity index (χ2v) is 6.09. The maximum absolute atomic E-state index is 6.10. The average molecular weight is 316 g/mol. The SMILES string of the molecule is CC(NCCSc1cc(Cl)ccc1Cl)c1ccco1. The Morgan fingerprint density at radius 3 is 2.89 bits per heavy atom. The lowest BCUT2D eigenvalue weighted by Gasteiger charge is -2.11. The highest BCUT2D eigenvalue weighted by molar-refractivity contribution is 7.99. The number of rotatable bonds is 6. The fraction of sp³-hybridized carbons (Fsp3) is 0.286. The van der Waals surface area contributed by atoms with E-state index in [9.17, 15) is 0 Å². The van der Waals surface area contributed by atoms with Crippen LogP contribution in [0.25, 0.3) is 0 Å². The van der Waals surface area contributed by atoms with Crippen molar-refractivity contribution in [3.8, 4) is 0 Å². The fourth-order valence-electron chi connectivity index (χ4n) is 1.66. The van der Waals surface area contributed by atoms with Crippen LogP contribution in [0.2, 0.25) is 10.0 Å². The van der Waals surface area contributed by atoms with Gasteiger partial charge in [-0.25, -0.2) is 0 Å². The molecule has 0 spiro atoms. The van der Waals surface area contributed by atoms with Crippen molar-refractivity contribution in [2.45, 2.75) is 17.9 Å². The lowest BCUT2D eigenvalue weighted by Crippen LogP contribution is -2.20. The van der Waals surface area contributed by atoms with Gasteiger partial charge in [-0.3, -0.25) is 0 Å². The molecule has 19 heavy (non-hydrogen) atoms. The molecule has 2 nitrogen and oxygen atoms in total. The van der Waals surface area contributed by atoms with Gasteiger partial charge in [0.2, 0.25) is 0 Å². The quantitative estimate of drug-likeness (QED) is 0.598. The molecule has 0 aliphatic carbocycles. The topological polar surface area (TPSA) is 25.2 Å². The van der Waals surface area contributed by atoms with Crippen LogP contribution in [-0.4, -0.2) is 12.3 Å². The number of hydrogen-bond donors (Lipinski definition) is 1. The molecule has 1 aromatic heterocycles. The van der Waals surface area contributed by atoms with Gasteiger partial charge < -0.3 is 9.73 Å². The minimum atomic E-state index is 0.213. The lowest BCUT2D eigenvalue weighted by atomic mass is 10.2. The summed E-state index contributed by atoms with van der Waals surface area (Å²) in [7, 11) is 0. The van der Waals surface area contributed by atoms with Crippen molar-refractivity contribution in [2.75, 3.05) is 12.3 Å². The Labute approximate surface area is 127 Å². The van der Waals surface area contributed by atoms with Gasteiger partial charge in [-0.1, -0.05) is 23.2 Å². The smallest absolute Gasteiger partial charge is 0.120 e. The summed E-state index contributed by atoms with van der Waals surface area (Å²) in [4.78, 5) is 1.02. The highest BCUT2D eigenvalue weighted by Crippen LogP contribution is 2.29. The predicted octanol–water partition coefficient (Wildman–Crippen LogP) is 5.03. The van der Waals surface area contributed by atoms with Crippen molar-refractivity contribution in [3.05, 3.63) is 52.4 Å². The van der Waals surface area contributed by atoms with E-state index in [-0.39, 0.29) is 6.04 Å². The molecule has 0 amide bonds. The van der Waals surface area contributed by atoms with Crippen molar-refractivity contribution in [1.82, 2.24) is 5.32 Å². The Hall–Kier alpha value is -0.610. The van der Waals surface area contributed by atoms with E-state index in [1.807, 2.05) is 24.3 Å². The van der Waals surface area contributed by atoms with Crippen LogP contribution in [0, 0.1) is 0 Å². The van der Waals surface area contributed by atoms with Gasteiger partial charge in [-0.15, -0.1) is 11.8 Å². The zero-order valence-corrected chi connectivity index (χ0v) is 12.9. The molecule has 2 rings (SSSR count). The molecule has 0 saturated carbocycles. The maximum atomic E-state index is 6.10. The second kappa shape index (κ2) is 7.25. The Morgan fingerprint density at radius 1 is 1.32 bits per heavy atom. The van der Waals surface area contributed by atoms with Crippen molar-refractivity contribution >= 4 is 35.0 Å². The minimum Gasteiger partial charge on any atom is -0.468 e. The molecule has 0 radical (unpaired) electrons. The normalized spacial score (nSPS) is 12.6. The Balaban J connectivity index is 1.76. The second-order valence-electron chi connectivity index (χ2n) is 4.11. The van der Waals surface area contributed by atoms with E-state index in [0.29, 0.717) is 5.02 Å². The van der Waals surface area contributed by atoms with Gasteiger partial charge in [0.1, 0.15) is 5.76 Å². The number of hydrogen-bond acceptors (Lipinski definition) is 3. The van der Waals surface area contributed by atoms with E-state index in [4.69, 9.17) is 27.6 Å². The zero-order chi connectivity index (χ0) is 13.7. The summed E-state index contributed by atoms with van der Waals surface area (Å²) in [6, 6.07) is 9.60. The first kappa shape index (κ1) is 14.8. The summed E-state index contributed by atoms with van der Waals surface area (Å²) in [5, 5.41) is 4.85. The highest BCUT2D eigenvalue weighted by Gasteiger charge is 2.07. The molecule has 0 bridgehead atoms. The molecule has 2 aromatic rings. The number of thioether (sulfide) groups is 1. The van der Waals surface area contributed by atoms with E-state index >= 15 is 0 Å². The van der Waals surface area contributed by atoms with Gasteiger partial charge in [0, 0.05) is 22.2 Å². The molecular formula is C14H15Cl2NOS. The van der Waals surface area contributed by atoms with Crippen molar-refractivity contribution in [3.63, 3.8) is 0 Å². The Bertz CT molecular complexity index is 516. The van der Waals surface area contributed by atoms with E-state index in [1.165, 1.54) is 0 Å². The first-order valence-corrected chi connectivity index (χ1v) is 7.75. The molecule has 5 heteroatoms. The first-order chi connectivity index (χ1) is 9.16.